The van der Waals surface area contributed by atoms with Gasteiger partial charge in [0.2, 0.25) is 0 Å². The van der Waals surface area contributed by atoms with Gasteiger partial charge in [-0.15, -0.1) is 0 Å². The Hall–Kier alpha value is -1.48. The van der Waals surface area contributed by atoms with Crippen LogP contribution in [-0.4, -0.2) is 60.4 Å². The molecule has 1 aliphatic heterocycles. The zero-order valence-electron chi connectivity index (χ0n) is 14.5. The molecule has 1 aliphatic rings. The van der Waals surface area contributed by atoms with Crippen molar-refractivity contribution in [2.75, 3.05) is 26.2 Å². The molecule has 1 atom stereocenters. The summed E-state index contributed by atoms with van der Waals surface area (Å²) in [6, 6.07) is 7.80. The van der Waals surface area contributed by atoms with E-state index in [0.717, 1.165) is 36.7 Å². The maximum absolute atomic E-state index is 12.4. The van der Waals surface area contributed by atoms with Crippen molar-refractivity contribution in [1.29, 1.82) is 0 Å². The van der Waals surface area contributed by atoms with E-state index in [2.05, 4.69) is 0 Å². The van der Waals surface area contributed by atoms with Crippen LogP contribution < -0.4 is 0 Å². The molecule has 8 heteroatoms. The van der Waals surface area contributed by atoms with Crippen molar-refractivity contribution < 1.29 is 22.5 Å². The second kappa shape index (κ2) is 9.28. The summed E-state index contributed by atoms with van der Waals surface area (Å²) in [4.78, 5) is 14.5. The van der Waals surface area contributed by atoms with Gasteiger partial charge in [-0.3, -0.25) is 9.35 Å². The molecule has 0 saturated carbocycles. The fourth-order valence-electron chi connectivity index (χ4n) is 3.02. The number of hydrogen-bond acceptors (Lipinski definition) is 5. The van der Waals surface area contributed by atoms with E-state index in [0.29, 0.717) is 5.56 Å². The number of hydrogen-bond donors (Lipinski definition) is 1. The van der Waals surface area contributed by atoms with Crippen LogP contribution in [0.1, 0.15) is 31.7 Å². The SMILES string of the molecule is CCOC(=O)[C@H](CN1CCCCC1)N(Cc1ccccc1)S(=O)(=O)O. The standard InChI is InChI=1S/C17H26N2O5S/c1-2-24-17(20)16(14-18-11-7-4-8-12-18)19(25(21,22)23)13-15-9-5-3-6-10-15/h3,5-6,9-10,16H,2,4,7-8,11-14H2,1H3,(H,21,22,23)/t16-/m0/s1. The van der Waals surface area contributed by atoms with E-state index in [1.165, 1.54) is 0 Å². The summed E-state index contributed by atoms with van der Waals surface area (Å²) >= 11 is 0. The largest absolute Gasteiger partial charge is 0.465 e. The zero-order valence-corrected chi connectivity index (χ0v) is 15.3. The number of carbonyl (C=O) groups excluding carboxylic acids is 1. The third-order valence-electron chi connectivity index (χ3n) is 4.26. The molecule has 0 aromatic heterocycles. The van der Waals surface area contributed by atoms with Crippen molar-refractivity contribution in [3.05, 3.63) is 35.9 Å². The highest BCUT2D eigenvalue weighted by atomic mass is 32.2. The highest BCUT2D eigenvalue weighted by Gasteiger charge is 2.36. The molecule has 0 spiro atoms. The maximum Gasteiger partial charge on any atom is 0.337 e. The average Bonchev–Trinajstić information content (AvgIpc) is 2.59. The summed E-state index contributed by atoms with van der Waals surface area (Å²) in [6.45, 7) is 3.56. The molecule has 1 N–H and O–H groups in total. The zero-order chi connectivity index (χ0) is 18.3. The molecule has 0 aliphatic carbocycles. The molecule has 0 bridgehead atoms. The van der Waals surface area contributed by atoms with Gasteiger partial charge in [0.15, 0.2) is 0 Å². The number of benzene rings is 1. The first-order valence-corrected chi connectivity index (χ1v) is 9.98. The van der Waals surface area contributed by atoms with Crippen molar-refractivity contribution in [3.8, 4) is 0 Å². The average molecular weight is 370 g/mol. The third kappa shape index (κ3) is 6.07. The van der Waals surface area contributed by atoms with Crippen molar-refractivity contribution >= 4 is 16.3 Å². The lowest BCUT2D eigenvalue weighted by atomic mass is 10.1. The summed E-state index contributed by atoms with van der Waals surface area (Å²) in [6.07, 6.45) is 3.16. The summed E-state index contributed by atoms with van der Waals surface area (Å²) in [7, 11) is -4.57. The number of likely N-dealkylation sites (tertiary alicyclic amines) is 1. The van der Waals surface area contributed by atoms with Gasteiger partial charge in [-0.1, -0.05) is 36.8 Å². The molecule has 0 radical (unpaired) electrons. The Kier molecular flexibility index (Phi) is 7.37. The molecule has 140 valence electrons. The minimum Gasteiger partial charge on any atom is -0.465 e. The Labute approximate surface area is 149 Å². The van der Waals surface area contributed by atoms with E-state index in [-0.39, 0.29) is 19.7 Å². The summed E-state index contributed by atoms with van der Waals surface area (Å²) in [5.74, 6) is -0.637. The second-order valence-corrected chi connectivity index (χ2v) is 7.50. The summed E-state index contributed by atoms with van der Waals surface area (Å²) in [5, 5.41) is 0. The van der Waals surface area contributed by atoms with Crippen molar-refractivity contribution in [1.82, 2.24) is 9.21 Å². The number of rotatable bonds is 8. The fraction of sp³-hybridized carbons (Fsp3) is 0.588. The fourth-order valence-corrected chi connectivity index (χ4v) is 3.81. The highest BCUT2D eigenvalue weighted by Crippen LogP contribution is 2.17. The maximum atomic E-state index is 12.4. The summed E-state index contributed by atoms with van der Waals surface area (Å²) in [5.41, 5.74) is 0.688. The van der Waals surface area contributed by atoms with Crippen LogP contribution in [0.4, 0.5) is 0 Å². The van der Waals surface area contributed by atoms with Crippen LogP contribution >= 0.6 is 0 Å². The van der Waals surface area contributed by atoms with Crippen LogP contribution in [0.15, 0.2) is 30.3 Å². The van der Waals surface area contributed by atoms with Crippen molar-refractivity contribution in [3.63, 3.8) is 0 Å². The van der Waals surface area contributed by atoms with Crippen LogP contribution in [0.3, 0.4) is 0 Å². The first-order valence-electron chi connectivity index (χ1n) is 8.59. The summed E-state index contributed by atoms with van der Waals surface area (Å²) < 4.78 is 39.6. The Morgan fingerprint density at radius 1 is 1.24 bits per heavy atom. The molecular weight excluding hydrogens is 344 g/mol. The van der Waals surface area contributed by atoms with E-state index in [4.69, 9.17) is 4.74 Å². The third-order valence-corrected chi connectivity index (χ3v) is 5.24. The van der Waals surface area contributed by atoms with E-state index >= 15 is 0 Å². The van der Waals surface area contributed by atoms with E-state index < -0.39 is 22.3 Å². The Balaban J connectivity index is 2.25. The van der Waals surface area contributed by atoms with Gasteiger partial charge in [0, 0.05) is 13.1 Å². The Morgan fingerprint density at radius 2 is 1.88 bits per heavy atom. The van der Waals surface area contributed by atoms with Gasteiger partial charge in [0.1, 0.15) is 6.04 Å². The molecule has 2 rings (SSSR count). The topological polar surface area (TPSA) is 87.2 Å². The first kappa shape index (κ1) is 19.8. The smallest absolute Gasteiger partial charge is 0.337 e. The molecule has 0 unspecified atom stereocenters. The van der Waals surface area contributed by atoms with Crippen LogP contribution in [0.2, 0.25) is 0 Å². The molecule has 1 saturated heterocycles. The predicted octanol–water partition coefficient (Wildman–Crippen LogP) is 1.71. The molecule has 1 aromatic rings. The van der Waals surface area contributed by atoms with Gasteiger partial charge in [0.05, 0.1) is 6.61 Å². The quantitative estimate of drug-likeness (QED) is 0.554. The van der Waals surface area contributed by atoms with Gasteiger partial charge < -0.3 is 9.64 Å². The second-order valence-electron chi connectivity index (χ2n) is 6.14. The Morgan fingerprint density at radius 3 is 2.44 bits per heavy atom. The predicted molar refractivity (Wildman–Crippen MR) is 94.2 cm³/mol. The van der Waals surface area contributed by atoms with E-state index in [1.54, 1.807) is 31.2 Å². The van der Waals surface area contributed by atoms with Crippen LogP contribution in [0.25, 0.3) is 0 Å². The van der Waals surface area contributed by atoms with Gasteiger partial charge >= 0.3 is 16.3 Å². The van der Waals surface area contributed by atoms with Crippen LogP contribution in [-0.2, 0) is 26.4 Å². The molecule has 0 amide bonds. The first-order chi connectivity index (χ1) is 11.9. The minimum atomic E-state index is -4.57. The number of piperidine rings is 1. The molecular formula is C17H26N2O5S. The molecule has 7 nitrogen and oxygen atoms in total. The normalized spacial score (nSPS) is 17.4. The van der Waals surface area contributed by atoms with Gasteiger partial charge in [-0.25, -0.2) is 0 Å². The lowest BCUT2D eigenvalue weighted by Crippen LogP contribution is -2.52. The van der Waals surface area contributed by atoms with Gasteiger partial charge in [-0.2, -0.15) is 12.7 Å². The monoisotopic (exact) mass is 370 g/mol. The lowest BCUT2D eigenvalue weighted by Gasteiger charge is -2.33. The van der Waals surface area contributed by atoms with Crippen molar-refractivity contribution in [2.45, 2.75) is 38.8 Å². The number of nitrogens with zero attached hydrogens (tertiary/aromatic N) is 2. The minimum absolute atomic E-state index is 0.0863. The molecule has 25 heavy (non-hydrogen) atoms. The van der Waals surface area contributed by atoms with Crippen LogP contribution in [0.5, 0.6) is 0 Å². The Bertz CT molecular complexity index is 644. The lowest BCUT2D eigenvalue weighted by molar-refractivity contribution is -0.148. The molecule has 1 heterocycles. The van der Waals surface area contributed by atoms with Gasteiger partial charge in [0.25, 0.3) is 0 Å². The van der Waals surface area contributed by atoms with Crippen LogP contribution in [0, 0.1) is 0 Å². The molecule has 1 aromatic carbocycles. The highest BCUT2D eigenvalue weighted by molar-refractivity contribution is 7.83. The molecule has 1 fully saturated rings. The van der Waals surface area contributed by atoms with E-state index in [1.807, 2.05) is 11.0 Å². The number of ether oxygens (including phenoxy) is 1. The number of carbonyl (C=O) groups is 1. The van der Waals surface area contributed by atoms with Gasteiger partial charge in [-0.05, 0) is 38.4 Å². The number of esters is 1. The van der Waals surface area contributed by atoms with Crippen molar-refractivity contribution in [2.24, 2.45) is 0 Å². The van der Waals surface area contributed by atoms with E-state index in [9.17, 15) is 17.8 Å².